The third-order valence-electron chi connectivity index (χ3n) is 2.58. The van der Waals surface area contributed by atoms with Crippen molar-refractivity contribution < 1.29 is 4.79 Å². The van der Waals surface area contributed by atoms with Crippen LogP contribution in [-0.4, -0.2) is 12.5 Å². The van der Waals surface area contributed by atoms with Crippen molar-refractivity contribution in [2.24, 2.45) is 0 Å². The maximum Gasteiger partial charge on any atom is 0.252 e. The van der Waals surface area contributed by atoms with Crippen LogP contribution in [0.5, 0.6) is 0 Å². The van der Waals surface area contributed by atoms with Crippen LogP contribution >= 0.6 is 46.1 Å². The molecule has 1 aromatic heterocycles. The Balaban J connectivity index is 1.98. The third kappa shape index (κ3) is 3.79. The molecule has 0 aliphatic rings. The average molecular weight is 350 g/mol. The zero-order valence-corrected chi connectivity index (χ0v) is 13.3. The van der Waals surface area contributed by atoms with Crippen LogP contribution in [0.4, 0.5) is 5.69 Å². The lowest BCUT2D eigenvalue weighted by molar-refractivity contribution is 0.0954. The largest absolute Gasteiger partial charge is 0.399 e. The van der Waals surface area contributed by atoms with Crippen molar-refractivity contribution >= 4 is 57.7 Å². The first kappa shape index (κ1) is 15.4. The number of nitrogens with one attached hydrogen (secondary N) is 1. The molecule has 0 atom stereocenters. The summed E-state index contributed by atoms with van der Waals surface area (Å²) in [6.07, 6.45) is 0.705. The van der Waals surface area contributed by atoms with E-state index in [1.54, 1.807) is 0 Å². The van der Waals surface area contributed by atoms with Gasteiger partial charge in [-0.2, -0.15) is 0 Å². The van der Waals surface area contributed by atoms with Gasteiger partial charge in [0.15, 0.2) is 0 Å². The second-order valence-electron chi connectivity index (χ2n) is 4.08. The van der Waals surface area contributed by atoms with Gasteiger partial charge in [-0.3, -0.25) is 4.79 Å². The molecule has 1 heterocycles. The smallest absolute Gasteiger partial charge is 0.252 e. The molecule has 106 valence electrons. The lowest BCUT2D eigenvalue weighted by Crippen LogP contribution is -2.26. The fourth-order valence-electron chi connectivity index (χ4n) is 1.66. The Morgan fingerprint density at radius 3 is 2.65 bits per heavy atom. The maximum absolute atomic E-state index is 12.0. The number of halogens is 3. The van der Waals surface area contributed by atoms with Gasteiger partial charge in [0.25, 0.3) is 5.91 Å². The molecule has 0 radical (unpaired) electrons. The van der Waals surface area contributed by atoms with Crippen molar-refractivity contribution in [3.05, 3.63) is 49.1 Å². The molecule has 0 unspecified atom stereocenters. The fraction of sp³-hybridized carbons (Fsp3) is 0.154. The number of amides is 1. The van der Waals surface area contributed by atoms with E-state index in [1.165, 1.54) is 23.5 Å². The van der Waals surface area contributed by atoms with Gasteiger partial charge in [-0.05, 0) is 30.7 Å². The average Bonchev–Trinajstić information content (AvgIpc) is 2.79. The Morgan fingerprint density at radius 2 is 2.00 bits per heavy atom. The Bertz CT molecular complexity index is 643. The molecule has 0 aliphatic carbocycles. The number of hydrogen-bond acceptors (Lipinski definition) is 3. The molecule has 0 aliphatic heterocycles. The van der Waals surface area contributed by atoms with Crippen molar-refractivity contribution in [1.29, 1.82) is 0 Å². The molecule has 3 N–H and O–H groups in total. The lowest BCUT2D eigenvalue weighted by Gasteiger charge is -2.08. The monoisotopic (exact) mass is 348 g/mol. The fourth-order valence-corrected chi connectivity index (χ4v) is 3.17. The summed E-state index contributed by atoms with van der Waals surface area (Å²) >= 11 is 19.2. The van der Waals surface area contributed by atoms with Crippen LogP contribution in [0.25, 0.3) is 0 Å². The SMILES string of the molecule is Nc1cc(Cl)c(Cl)c(C(=O)NCCc2ccc(Cl)s2)c1. The lowest BCUT2D eigenvalue weighted by atomic mass is 10.2. The van der Waals surface area contributed by atoms with Gasteiger partial charge in [0.2, 0.25) is 0 Å². The molecule has 2 rings (SSSR count). The first-order valence-electron chi connectivity index (χ1n) is 5.74. The van der Waals surface area contributed by atoms with Crippen molar-refractivity contribution in [1.82, 2.24) is 5.32 Å². The number of carbonyl (C=O) groups excluding carboxylic acids is 1. The predicted molar refractivity (Wildman–Crippen MR) is 86.2 cm³/mol. The summed E-state index contributed by atoms with van der Waals surface area (Å²) in [6, 6.07) is 6.78. The number of anilines is 1. The highest BCUT2D eigenvalue weighted by Crippen LogP contribution is 2.28. The van der Waals surface area contributed by atoms with Crippen LogP contribution in [-0.2, 0) is 6.42 Å². The minimum absolute atomic E-state index is 0.206. The van der Waals surface area contributed by atoms with E-state index in [1.807, 2.05) is 12.1 Å². The van der Waals surface area contributed by atoms with E-state index >= 15 is 0 Å². The van der Waals surface area contributed by atoms with Gasteiger partial charge in [-0.1, -0.05) is 34.8 Å². The molecule has 1 aromatic carbocycles. The maximum atomic E-state index is 12.0. The van der Waals surface area contributed by atoms with Gasteiger partial charge in [-0.15, -0.1) is 11.3 Å². The number of nitrogens with two attached hydrogens (primary N) is 1. The van der Waals surface area contributed by atoms with Crippen molar-refractivity contribution in [3.8, 4) is 0 Å². The number of rotatable bonds is 4. The van der Waals surface area contributed by atoms with Gasteiger partial charge < -0.3 is 11.1 Å². The highest BCUT2D eigenvalue weighted by atomic mass is 35.5. The van der Waals surface area contributed by atoms with Crippen LogP contribution in [0.15, 0.2) is 24.3 Å². The zero-order chi connectivity index (χ0) is 14.7. The second kappa shape index (κ2) is 6.68. The summed E-state index contributed by atoms with van der Waals surface area (Å²) in [5, 5.41) is 3.25. The molecule has 20 heavy (non-hydrogen) atoms. The second-order valence-corrected chi connectivity index (χ2v) is 6.66. The summed E-state index contributed by atoms with van der Waals surface area (Å²) in [5.74, 6) is -0.299. The van der Waals surface area contributed by atoms with E-state index in [2.05, 4.69) is 5.32 Å². The van der Waals surface area contributed by atoms with Crippen LogP contribution in [0.1, 0.15) is 15.2 Å². The van der Waals surface area contributed by atoms with Gasteiger partial charge >= 0.3 is 0 Å². The summed E-state index contributed by atoms with van der Waals surface area (Å²) in [7, 11) is 0. The molecular weight excluding hydrogens is 339 g/mol. The highest BCUT2D eigenvalue weighted by molar-refractivity contribution is 7.16. The molecule has 7 heteroatoms. The van der Waals surface area contributed by atoms with E-state index in [0.717, 1.165) is 9.21 Å². The number of hydrogen-bond donors (Lipinski definition) is 2. The highest BCUT2D eigenvalue weighted by Gasteiger charge is 2.13. The summed E-state index contributed by atoms with van der Waals surface area (Å²) in [6.45, 7) is 0.485. The summed E-state index contributed by atoms with van der Waals surface area (Å²) in [5.41, 5.74) is 6.33. The van der Waals surface area contributed by atoms with Gasteiger partial charge in [0, 0.05) is 17.1 Å². The van der Waals surface area contributed by atoms with Gasteiger partial charge in [-0.25, -0.2) is 0 Å². The quantitative estimate of drug-likeness (QED) is 0.810. The Hall–Kier alpha value is -0.940. The zero-order valence-electron chi connectivity index (χ0n) is 10.3. The first-order chi connectivity index (χ1) is 9.47. The summed E-state index contributed by atoms with van der Waals surface area (Å²) in [4.78, 5) is 13.1. The topological polar surface area (TPSA) is 55.1 Å². The molecule has 1 amide bonds. The van der Waals surface area contributed by atoms with Crippen LogP contribution in [0.2, 0.25) is 14.4 Å². The van der Waals surface area contributed by atoms with E-state index in [9.17, 15) is 4.79 Å². The number of benzene rings is 1. The third-order valence-corrected chi connectivity index (χ3v) is 4.67. The molecule has 2 aromatic rings. The summed E-state index contributed by atoms with van der Waals surface area (Å²) < 4.78 is 0.733. The Kier molecular flexibility index (Phi) is 5.16. The number of carbonyl (C=O) groups is 1. The molecular formula is C13H11Cl3N2OS. The molecule has 0 saturated carbocycles. The normalized spacial score (nSPS) is 10.6. The number of nitrogen functional groups attached to an aromatic ring is 1. The van der Waals surface area contributed by atoms with Crippen LogP contribution in [0.3, 0.4) is 0 Å². The Morgan fingerprint density at radius 1 is 1.25 bits per heavy atom. The molecule has 3 nitrogen and oxygen atoms in total. The van der Waals surface area contributed by atoms with E-state index < -0.39 is 0 Å². The standard InChI is InChI=1S/C13H11Cl3N2OS/c14-10-6-7(17)5-9(12(10)16)13(19)18-4-3-8-1-2-11(15)20-8/h1-2,5-6H,3-4,17H2,(H,18,19). The van der Waals surface area contributed by atoms with E-state index in [0.29, 0.717) is 18.7 Å². The molecule has 0 bridgehead atoms. The molecule has 0 saturated heterocycles. The van der Waals surface area contributed by atoms with Crippen molar-refractivity contribution in [2.45, 2.75) is 6.42 Å². The minimum atomic E-state index is -0.299. The van der Waals surface area contributed by atoms with Gasteiger partial charge in [0.05, 0.1) is 19.9 Å². The van der Waals surface area contributed by atoms with Crippen LogP contribution in [0, 0.1) is 0 Å². The number of thiophene rings is 1. The van der Waals surface area contributed by atoms with E-state index in [4.69, 9.17) is 40.5 Å². The van der Waals surface area contributed by atoms with E-state index in [-0.39, 0.29) is 21.5 Å². The first-order valence-corrected chi connectivity index (χ1v) is 7.69. The van der Waals surface area contributed by atoms with Crippen molar-refractivity contribution in [3.63, 3.8) is 0 Å². The molecule has 0 spiro atoms. The predicted octanol–water partition coefficient (Wildman–Crippen LogP) is 4.26. The Labute approximate surface area is 135 Å². The minimum Gasteiger partial charge on any atom is -0.399 e. The van der Waals surface area contributed by atoms with Crippen molar-refractivity contribution in [2.75, 3.05) is 12.3 Å². The molecule has 0 fully saturated rings. The van der Waals surface area contributed by atoms with Gasteiger partial charge in [0.1, 0.15) is 0 Å². The van der Waals surface area contributed by atoms with Crippen LogP contribution < -0.4 is 11.1 Å².